The molecule has 1 unspecified atom stereocenters. The van der Waals surface area contributed by atoms with Crippen LogP contribution in [0.3, 0.4) is 0 Å². The van der Waals surface area contributed by atoms with E-state index in [1.54, 1.807) is 6.08 Å². The van der Waals surface area contributed by atoms with Crippen molar-refractivity contribution in [1.82, 2.24) is 0 Å². The van der Waals surface area contributed by atoms with Crippen LogP contribution in [0.25, 0.3) is 0 Å². The molecule has 0 amide bonds. The smallest absolute Gasteiger partial charge is 0.0597 e. The third-order valence-electron chi connectivity index (χ3n) is 1.58. The second-order valence-corrected chi connectivity index (χ2v) is 2.46. The average molecular weight is 140 g/mol. The van der Waals surface area contributed by atoms with E-state index < -0.39 is 0 Å². The Morgan fingerprint density at radius 3 is 2.60 bits per heavy atom. The van der Waals surface area contributed by atoms with Crippen LogP contribution >= 0.6 is 0 Å². The minimum atomic E-state index is -0.212. The highest BCUT2D eigenvalue weighted by Crippen LogP contribution is 2.07. The third kappa shape index (κ3) is 3.46. The van der Waals surface area contributed by atoms with Gasteiger partial charge >= 0.3 is 0 Å². The normalized spacial score (nSPS) is 17.1. The Morgan fingerprint density at radius 2 is 2.20 bits per heavy atom. The van der Waals surface area contributed by atoms with Gasteiger partial charge in [-0.05, 0) is 6.42 Å². The zero-order chi connectivity index (χ0) is 7.98. The van der Waals surface area contributed by atoms with Crippen LogP contribution in [0.1, 0.15) is 20.3 Å². The molecule has 58 valence electrons. The largest absolute Gasteiger partial charge is 0.393 e. The lowest BCUT2D eigenvalue weighted by Crippen LogP contribution is -2.13. The number of rotatable bonds is 4. The van der Waals surface area contributed by atoms with Crippen molar-refractivity contribution in [1.29, 1.82) is 0 Å². The fraction of sp³-hybridized carbons (Fsp3) is 0.556. The highest BCUT2D eigenvalue weighted by atomic mass is 16.3. The Balaban J connectivity index is 3.70. The molecule has 0 aliphatic heterocycles. The predicted octanol–water partition coefficient (Wildman–Crippen LogP) is 2.14. The van der Waals surface area contributed by atoms with Gasteiger partial charge in [0.2, 0.25) is 0 Å². The van der Waals surface area contributed by atoms with E-state index in [1.807, 2.05) is 26.0 Å². The fourth-order valence-electron chi connectivity index (χ4n) is 0.754. The minimum Gasteiger partial charge on any atom is -0.393 e. The van der Waals surface area contributed by atoms with Gasteiger partial charge in [0.25, 0.3) is 0 Å². The molecule has 0 bridgehead atoms. The van der Waals surface area contributed by atoms with Gasteiger partial charge in [0.05, 0.1) is 6.10 Å². The molecule has 0 aliphatic rings. The van der Waals surface area contributed by atoms with Gasteiger partial charge in [-0.15, -0.1) is 0 Å². The van der Waals surface area contributed by atoms with Crippen LogP contribution < -0.4 is 0 Å². The molecule has 1 heteroatoms. The van der Waals surface area contributed by atoms with Crippen LogP contribution in [-0.2, 0) is 0 Å². The van der Waals surface area contributed by atoms with Crippen molar-refractivity contribution in [2.45, 2.75) is 26.4 Å². The predicted molar refractivity (Wildman–Crippen MR) is 44.8 cm³/mol. The van der Waals surface area contributed by atoms with Gasteiger partial charge in [-0.2, -0.15) is 0 Å². The highest BCUT2D eigenvalue weighted by Gasteiger charge is 2.06. The van der Waals surface area contributed by atoms with Gasteiger partial charge in [0.15, 0.2) is 0 Å². The molecule has 0 aromatic carbocycles. The summed E-state index contributed by atoms with van der Waals surface area (Å²) in [6, 6.07) is 0. The van der Waals surface area contributed by atoms with E-state index in [1.165, 1.54) is 0 Å². The summed E-state index contributed by atoms with van der Waals surface area (Å²) in [5.74, 6) is 0.239. The molecule has 0 fully saturated rings. The van der Waals surface area contributed by atoms with Crippen molar-refractivity contribution in [3.05, 3.63) is 24.8 Å². The van der Waals surface area contributed by atoms with Crippen LogP contribution in [0, 0.1) is 5.92 Å². The number of aliphatic hydroxyl groups excluding tert-OH is 1. The molecule has 1 nitrogen and oxygen atoms in total. The van der Waals surface area contributed by atoms with E-state index in [9.17, 15) is 5.11 Å². The molecule has 0 heterocycles. The maximum absolute atomic E-state index is 9.27. The molecule has 0 aromatic heterocycles. The molecule has 0 aromatic rings. The number of hydrogen-bond donors (Lipinski definition) is 1. The van der Waals surface area contributed by atoms with Gasteiger partial charge in [0, 0.05) is 5.92 Å². The van der Waals surface area contributed by atoms with E-state index in [4.69, 9.17) is 0 Å². The molecule has 10 heavy (non-hydrogen) atoms. The summed E-state index contributed by atoms with van der Waals surface area (Å²) in [6.07, 6.45) is 6.14. The van der Waals surface area contributed by atoms with Crippen molar-refractivity contribution >= 4 is 0 Å². The zero-order valence-corrected chi connectivity index (χ0v) is 6.75. The average Bonchev–Trinajstić information content (AvgIpc) is 1.98. The summed E-state index contributed by atoms with van der Waals surface area (Å²) in [7, 11) is 0. The zero-order valence-electron chi connectivity index (χ0n) is 6.75. The SMILES string of the molecule is C=C/C=C/[C@H](C)C(O)CC. The molecule has 0 saturated heterocycles. The summed E-state index contributed by atoms with van der Waals surface area (Å²) in [5, 5.41) is 9.27. The third-order valence-corrected chi connectivity index (χ3v) is 1.58. The van der Waals surface area contributed by atoms with Crippen molar-refractivity contribution in [2.24, 2.45) is 5.92 Å². The Hall–Kier alpha value is -0.560. The molecular formula is C9H16O. The number of aliphatic hydroxyl groups is 1. The van der Waals surface area contributed by atoms with Gasteiger partial charge < -0.3 is 5.11 Å². The maximum atomic E-state index is 9.27. The van der Waals surface area contributed by atoms with Crippen molar-refractivity contribution in [3.63, 3.8) is 0 Å². The topological polar surface area (TPSA) is 20.2 Å². The summed E-state index contributed by atoms with van der Waals surface area (Å²) >= 11 is 0. The monoisotopic (exact) mass is 140 g/mol. The molecule has 0 spiro atoms. The Kier molecular flexibility index (Phi) is 4.95. The molecule has 0 rings (SSSR count). The molecule has 2 atom stereocenters. The van der Waals surface area contributed by atoms with E-state index in [0.29, 0.717) is 0 Å². The van der Waals surface area contributed by atoms with E-state index in [2.05, 4.69) is 6.58 Å². The first-order chi connectivity index (χ1) is 4.72. The first-order valence-corrected chi connectivity index (χ1v) is 3.69. The first-order valence-electron chi connectivity index (χ1n) is 3.69. The summed E-state index contributed by atoms with van der Waals surface area (Å²) in [4.78, 5) is 0. The second kappa shape index (κ2) is 5.24. The van der Waals surface area contributed by atoms with Crippen LogP contribution in [0.15, 0.2) is 24.8 Å². The Bertz CT molecular complexity index is 116. The lowest BCUT2D eigenvalue weighted by molar-refractivity contribution is 0.134. The van der Waals surface area contributed by atoms with E-state index >= 15 is 0 Å². The van der Waals surface area contributed by atoms with Crippen molar-refractivity contribution in [3.8, 4) is 0 Å². The van der Waals surface area contributed by atoms with Crippen LogP contribution in [0.4, 0.5) is 0 Å². The fourth-order valence-corrected chi connectivity index (χ4v) is 0.754. The Morgan fingerprint density at radius 1 is 1.60 bits per heavy atom. The number of hydrogen-bond acceptors (Lipinski definition) is 1. The first kappa shape index (κ1) is 9.44. The Labute approximate surface area is 63.1 Å². The lowest BCUT2D eigenvalue weighted by atomic mass is 10.0. The summed E-state index contributed by atoms with van der Waals surface area (Å²) < 4.78 is 0. The highest BCUT2D eigenvalue weighted by molar-refractivity contribution is 5.00. The van der Waals surface area contributed by atoms with Crippen molar-refractivity contribution < 1.29 is 5.11 Å². The standard InChI is InChI=1S/C9H16O/c1-4-6-7-8(3)9(10)5-2/h4,6-10H,1,5H2,2-3H3/b7-6+/t8-,9?/m0/s1. The summed E-state index contributed by atoms with van der Waals surface area (Å²) in [6.45, 7) is 7.52. The van der Waals surface area contributed by atoms with Crippen LogP contribution in [0.5, 0.6) is 0 Å². The van der Waals surface area contributed by atoms with Gasteiger partial charge in [0.1, 0.15) is 0 Å². The molecule has 1 N–H and O–H groups in total. The van der Waals surface area contributed by atoms with Gasteiger partial charge in [-0.3, -0.25) is 0 Å². The van der Waals surface area contributed by atoms with Crippen LogP contribution in [-0.4, -0.2) is 11.2 Å². The maximum Gasteiger partial charge on any atom is 0.0597 e. The molecule has 0 saturated carbocycles. The molecule has 0 radical (unpaired) electrons. The van der Waals surface area contributed by atoms with E-state index in [-0.39, 0.29) is 12.0 Å². The summed E-state index contributed by atoms with van der Waals surface area (Å²) in [5.41, 5.74) is 0. The molecule has 0 aliphatic carbocycles. The van der Waals surface area contributed by atoms with E-state index in [0.717, 1.165) is 6.42 Å². The number of allylic oxidation sites excluding steroid dienone is 2. The van der Waals surface area contributed by atoms with Gasteiger partial charge in [-0.25, -0.2) is 0 Å². The second-order valence-electron chi connectivity index (χ2n) is 2.46. The molecular weight excluding hydrogens is 124 g/mol. The van der Waals surface area contributed by atoms with Gasteiger partial charge in [-0.1, -0.05) is 38.7 Å². The lowest BCUT2D eigenvalue weighted by Gasteiger charge is -2.11. The van der Waals surface area contributed by atoms with Crippen molar-refractivity contribution in [2.75, 3.05) is 0 Å². The minimum absolute atomic E-state index is 0.212. The quantitative estimate of drug-likeness (QED) is 0.593. The van der Waals surface area contributed by atoms with Crippen LogP contribution in [0.2, 0.25) is 0 Å².